The van der Waals surface area contributed by atoms with E-state index in [1.807, 2.05) is 0 Å². The van der Waals surface area contributed by atoms with Crippen LogP contribution in [0.3, 0.4) is 0 Å². The third-order valence-corrected chi connectivity index (χ3v) is 2.91. The fraction of sp³-hybridized carbons (Fsp3) is 0.143. The van der Waals surface area contributed by atoms with Crippen LogP contribution in [0.25, 0.3) is 0 Å². The molecule has 1 atom stereocenters. The van der Waals surface area contributed by atoms with Crippen LogP contribution in [0.5, 0.6) is 0 Å². The van der Waals surface area contributed by atoms with Crippen molar-refractivity contribution >= 4 is 0 Å². The molecule has 20 heavy (non-hydrogen) atoms. The van der Waals surface area contributed by atoms with Gasteiger partial charge in [-0.25, -0.2) is 22.0 Å². The van der Waals surface area contributed by atoms with Gasteiger partial charge in [-0.05, 0) is 18.6 Å². The maximum atomic E-state index is 13.8. The van der Waals surface area contributed by atoms with Gasteiger partial charge < -0.3 is 5.11 Å². The molecule has 1 nitrogen and oxygen atoms in total. The molecule has 0 aliphatic heterocycles. The van der Waals surface area contributed by atoms with Crippen LogP contribution in [0.4, 0.5) is 22.0 Å². The molecular formula is C14H9F5O. The first-order valence-corrected chi connectivity index (χ1v) is 5.60. The summed E-state index contributed by atoms with van der Waals surface area (Å²) in [5.74, 6) is -6.30. The molecule has 0 amide bonds. The van der Waals surface area contributed by atoms with Gasteiger partial charge in [0.05, 0.1) is 11.1 Å². The van der Waals surface area contributed by atoms with Crippen LogP contribution >= 0.6 is 0 Å². The van der Waals surface area contributed by atoms with E-state index in [4.69, 9.17) is 0 Å². The molecule has 0 radical (unpaired) electrons. The van der Waals surface area contributed by atoms with E-state index in [9.17, 15) is 27.1 Å². The zero-order valence-corrected chi connectivity index (χ0v) is 10.2. The number of aliphatic hydroxyl groups excluding tert-OH is 1. The average molecular weight is 288 g/mol. The van der Waals surface area contributed by atoms with E-state index in [1.165, 1.54) is 6.92 Å². The summed E-state index contributed by atoms with van der Waals surface area (Å²) in [5.41, 5.74) is -1.88. The lowest BCUT2D eigenvalue weighted by atomic mass is 9.97. The van der Waals surface area contributed by atoms with Gasteiger partial charge in [-0.3, -0.25) is 0 Å². The Balaban J connectivity index is 2.64. The van der Waals surface area contributed by atoms with Gasteiger partial charge in [-0.15, -0.1) is 0 Å². The van der Waals surface area contributed by atoms with Crippen molar-refractivity contribution in [2.24, 2.45) is 0 Å². The van der Waals surface area contributed by atoms with Gasteiger partial charge in [0, 0.05) is 12.1 Å². The Morgan fingerprint density at radius 3 is 1.95 bits per heavy atom. The van der Waals surface area contributed by atoms with Crippen molar-refractivity contribution in [3.8, 4) is 0 Å². The fourth-order valence-corrected chi connectivity index (χ4v) is 1.89. The number of halogens is 5. The molecule has 2 aromatic rings. The van der Waals surface area contributed by atoms with Gasteiger partial charge in [0.25, 0.3) is 0 Å². The topological polar surface area (TPSA) is 20.2 Å². The molecule has 0 aliphatic carbocycles. The van der Waals surface area contributed by atoms with Gasteiger partial charge >= 0.3 is 0 Å². The van der Waals surface area contributed by atoms with Crippen molar-refractivity contribution in [3.05, 3.63) is 70.0 Å². The molecule has 106 valence electrons. The monoisotopic (exact) mass is 288 g/mol. The molecule has 2 rings (SSSR count). The molecule has 0 fully saturated rings. The van der Waals surface area contributed by atoms with Crippen molar-refractivity contribution in [2.75, 3.05) is 0 Å². The van der Waals surface area contributed by atoms with E-state index >= 15 is 0 Å². The minimum absolute atomic E-state index is 0.00313. The zero-order chi connectivity index (χ0) is 15.0. The standard InChI is InChI=1S/C14H9F5O/c1-6-2-3-8(16)12(13(6)19)14(20)11-9(17)4-7(15)5-10(11)18/h2-5,14,20H,1H3. The summed E-state index contributed by atoms with van der Waals surface area (Å²) in [7, 11) is 0. The molecule has 0 aromatic heterocycles. The lowest BCUT2D eigenvalue weighted by molar-refractivity contribution is 0.198. The highest BCUT2D eigenvalue weighted by molar-refractivity contribution is 5.36. The SMILES string of the molecule is Cc1ccc(F)c(C(O)c2c(F)cc(F)cc2F)c1F. The largest absolute Gasteiger partial charge is 0.383 e. The zero-order valence-electron chi connectivity index (χ0n) is 10.2. The number of hydrogen-bond acceptors (Lipinski definition) is 1. The van der Waals surface area contributed by atoms with E-state index in [1.54, 1.807) is 0 Å². The Morgan fingerprint density at radius 1 is 0.850 bits per heavy atom. The van der Waals surface area contributed by atoms with Crippen LogP contribution in [0, 0.1) is 36.0 Å². The number of aryl methyl sites for hydroxylation is 1. The van der Waals surface area contributed by atoms with Crippen LogP contribution in [-0.2, 0) is 0 Å². The highest BCUT2D eigenvalue weighted by Gasteiger charge is 2.27. The molecule has 0 spiro atoms. The van der Waals surface area contributed by atoms with E-state index < -0.39 is 46.3 Å². The minimum atomic E-state index is -2.21. The van der Waals surface area contributed by atoms with Crippen molar-refractivity contribution in [2.45, 2.75) is 13.0 Å². The molecule has 1 N–H and O–H groups in total. The average Bonchev–Trinajstić information content (AvgIpc) is 2.33. The second kappa shape index (κ2) is 5.20. The summed E-state index contributed by atoms with van der Waals surface area (Å²) in [5, 5.41) is 9.85. The number of hydrogen-bond donors (Lipinski definition) is 1. The van der Waals surface area contributed by atoms with Crippen LogP contribution in [0.1, 0.15) is 22.8 Å². The van der Waals surface area contributed by atoms with Crippen LogP contribution in [0.2, 0.25) is 0 Å². The Morgan fingerprint density at radius 2 is 1.40 bits per heavy atom. The minimum Gasteiger partial charge on any atom is -0.383 e. The van der Waals surface area contributed by atoms with Gasteiger partial charge in [-0.2, -0.15) is 0 Å². The van der Waals surface area contributed by atoms with Crippen LogP contribution in [-0.4, -0.2) is 5.11 Å². The molecular weight excluding hydrogens is 279 g/mol. The number of benzene rings is 2. The normalized spacial score (nSPS) is 12.6. The summed E-state index contributed by atoms with van der Waals surface area (Å²) >= 11 is 0. The van der Waals surface area contributed by atoms with E-state index in [2.05, 4.69) is 0 Å². The van der Waals surface area contributed by atoms with Gasteiger partial charge in [0.15, 0.2) is 0 Å². The summed E-state index contributed by atoms with van der Waals surface area (Å²) in [6, 6.07) is 2.65. The summed E-state index contributed by atoms with van der Waals surface area (Å²) < 4.78 is 67.3. The number of rotatable bonds is 2. The lowest BCUT2D eigenvalue weighted by Gasteiger charge is -2.16. The third-order valence-electron chi connectivity index (χ3n) is 2.91. The lowest BCUT2D eigenvalue weighted by Crippen LogP contribution is -2.11. The first-order chi connectivity index (χ1) is 9.32. The Labute approximate surface area is 111 Å². The summed E-state index contributed by atoms with van der Waals surface area (Å²) in [6.07, 6.45) is -2.21. The van der Waals surface area contributed by atoms with Gasteiger partial charge in [-0.1, -0.05) is 6.07 Å². The molecule has 0 heterocycles. The Hall–Kier alpha value is -1.95. The summed E-state index contributed by atoms with van der Waals surface area (Å²) in [6.45, 7) is 1.31. The third kappa shape index (κ3) is 2.38. The molecule has 2 aromatic carbocycles. The van der Waals surface area contributed by atoms with Crippen molar-refractivity contribution < 1.29 is 27.1 Å². The van der Waals surface area contributed by atoms with Crippen molar-refractivity contribution in [3.63, 3.8) is 0 Å². The molecule has 0 saturated carbocycles. The van der Waals surface area contributed by atoms with Crippen molar-refractivity contribution in [1.82, 2.24) is 0 Å². The highest BCUT2D eigenvalue weighted by atomic mass is 19.2. The molecule has 0 saturated heterocycles. The molecule has 0 bridgehead atoms. The Bertz CT molecular complexity index is 646. The van der Waals surface area contributed by atoms with Crippen LogP contribution < -0.4 is 0 Å². The smallest absolute Gasteiger partial charge is 0.135 e. The Kier molecular flexibility index (Phi) is 3.76. The molecule has 1 unspecified atom stereocenters. The predicted molar refractivity (Wildman–Crippen MR) is 61.5 cm³/mol. The second-order valence-electron chi connectivity index (χ2n) is 4.28. The highest BCUT2D eigenvalue weighted by Crippen LogP contribution is 2.31. The number of aliphatic hydroxyl groups is 1. The van der Waals surface area contributed by atoms with Gasteiger partial charge in [0.1, 0.15) is 35.2 Å². The first-order valence-electron chi connectivity index (χ1n) is 5.60. The molecule has 0 aliphatic rings. The quantitative estimate of drug-likeness (QED) is 0.834. The van der Waals surface area contributed by atoms with Gasteiger partial charge in [0.2, 0.25) is 0 Å². The first kappa shape index (κ1) is 14.5. The van der Waals surface area contributed by atoms with Crippen LogP contribution in [0.15, 0.2) is 24.3 Å². The molecule has 6 heteroatoms. The van der Waals surface area contributed by atoms with E-state index in [-0.39, 0.29) is 5.56 Å². The maximum Gasteiger partial charge on any atom is 0.135 e. The second-order valence-corrected chi connectivity index (χ2v) is 4.28. The fourth-order valence-electron chi connectivity index (χ4n) is 1.89. The summed E-state index contributed by atoms with van der Waals surface area (Å²) in [4.78, 5) is 0. The van der Waals surface area contributed by atoms with E-state index in [0.29, 0.717) is 12.1 Å². The van der Waals surface area contributed by atoms with E-state index in [0.717, 1.165) is 12.1 Å². The van der Waals surface area contributed by atoms with Crippen molar-refractivity contribution in [1.29, 1.82) is 0 Å². The predicted octanol–water partition coefficient (Wildman–Crippen LogP) is 3.77. The maximum absolute atomic E-state index is 13.8.